The molecule has 0 fully saturated rings. The number of fused-ring (bicyclic) bond motifs is 1. The predicted molar refractivity (Wildman–Crippen MR) is 119 cm³/mol. The van der Waals surface area contributed by atoms with E-state index in [0.717, 1.165) is 17.7 Å². The van der Waals surface area contributed by atoms with E-state index in [-0.39, 0.29) is 29.6 Å². The highest BCUT2D eigenvalue weighted by Gasteiger charge is 2.29. The number of benzene rings is 3. The molecule has 0 saturated heterocycles. The molecule has 1 amide bonds. The van der Waals surface area contributed by atoms with E-state index >= 15 is 0 Å². The Labute approximate surface area is 190 Å². The van der Waals surface area contributed by atoms with Gasteiger partial charge in [0, 0.05) is 16.1 Å². The van der Waals surface area contributed by atoms with Crippen LogP contribution < -0.4 is 5.32 Å². The lowest BCUT2D eigenvalue weighted by atomic mass is 10.1. The van der Waals surface area contributed by atoms with Crippen LogP contribution in [0.5, 0.6) is 5.88 Å². The van der Waals surface area contributed by atoms with Gasteiger partial charge in [0.2, 0.25) is 11.8 Å². The zero-order valence-corrected chi connectivity index (χ0v) is 17.6. The standard InChI is InChI=1S/C23H16ClF3N4O2/c24-15-5-1-13(2-6-15)11-20(32)28-17-9-10-19-18(12-17)21(22(33)29-19)31-30-16-7-3-14(4-8-16)23(25,26)27/h1-10,12,29,33H,11H2,(H,28,32). The fraction of sp³-hybridized carbons (Fsp3) is 0.0870. The van der Waals surface area contributed by atoms with Crippen molar-refractivity contribution in [3.05, 3.63) is 82.9 Å². The molecule has 0 radical (unpaired) electrons. The Bertz CT molecular complexity index is 1330. The minimum Gasteiger partial charge on any atom is -0.493 e. The molecule has 0 unspecified atom stereocenters. The van der Waals surface area contributed by atoms with Gasteiger partial charge in [-0.2, -0.15) is 18.3 Å². The minimum absolute atomic E-state index is 0.0960. The van der Waals surface area contributed by atoms with Crippen molar-refractivity contribution in [1.82, 2.24) is 4.98 Å². The number of nitrogens with one attached hydrogen (secondary N) is 2. The van der Waals surface area contributed by atoms with Crippen LogP contribution in [0.2, 0.25) is 5.02 Å². The zero-order valence-electron chi connectivity index (χ0n) is 16.8. The van der Waals surface area contributed by atoms with E-state index in [4.69, 9.17) is 11.6 Å². The summed E-state index contributed by atoms with van der Waals surface area (Å²) in [7, 11) is 0. The molecule has 0 aliphatic carbocycles. The molecule has 0 aliphatic heterocycles. The second kappa shape index (κ2) is 8.95. The number of aromatic hydroxyl groups is 1. The van der Waals surface area contributed by atoms with Crippen LogP contribution in [0.1, 0.15) is 11.1 Å². The Hall–Kier alpha value is -3.85. The average Bonchev–Trinajstić information content (AvgIpc) is 3.08. The molecule has 10 heteroatoms. The lowest BCUT2D eigenvalue weighted by Gasteiger charge is -2.06. The molecule has 0 spiro atoms. The SMILES string of the molecule is O=C(Cc1ccc(Cl)cc1)Nc1ccc2[nH]c(O)c(N=Nc3ccc(C(F)(F)F)cc3)c2c1. The van der Waals surface area contributed by atoms with E-state index in [2.05, 4.69) is 20.5 Å². The van der Waals surface area contributed by atoms with E-state index in [1.54, 1.807) is 42.5 Å². The molecule has 4 aromatic rings. The number of anilines is 1. The Kier molecular flexibility index (Phi) is 6.06. The summed E-state index contributed by atoms with van der Waals surface area (Å²) in [5.41, 5.74) is 1.30. The largest absolute Gasteiger partial charge is 0.493 e. The molecule has 0 bridgehead atoms. The number of hydrogen-bond acceptors (Lipinski definition) is 4. The second-order valence-electron chi connectivity index (χ2n) is 7.18. The highest BCUT2D eigenvalue weighted by Crippen LogP contribution is 2.38. The van der Waals surface area contributed by atoms with Crippen molar-refractivity contribution in [2.75, 3.05) is 5.32 Å². The highest BCUT2D eigenvalue weighted by atomic mass is 35.5. The lowest BCUT2D eigenvalue weighted by molar-refractivity contribution is -0.137. The van der Waals surface area contributed by atoms with Crippen LogP contribution in [0, 0.1) is 0 Å². The number of rotatable bonds is 5. The van der Waals surface area contributed by atoms with Crippen molar-refractivity contribution in [2.45, 2.75) is 12.6 Å². The predicted octanol–water partition coefficient (Wildman–Crippen LogP) is 7.14. The smallest absolute Gasteiger partial charge is 0.416 e. The van der Waals surface area contributed by atoms with Gasteiger partial charge in [-0.3, -0.25) is 4.79 Å². The number of carbonyl (C=O) groups excluding carboxylic acids is 1. The minimum atomic E-state index is -4.45. The molecular formula is C23H16ClF3N4O2. The number of aromatic amines is 1. The summed E-state index contributed by atoms with van der Waals surface area (Å²) in [5, 5.41) is 21.9. The van der Waals surface area contributed by atoms with Gasteiger partial charge in [0.05, 0.1) is 23.2 Å². The molecule has 33 heavy (non-hydrogen) atoms. The molecule has 4 rings (SSSR count). The topological polar surface area (TPSA) is 89.8 Å². The summed E-state index contributed by atoms with van der Waals surface area (Å²) < 4.78 is 38.1. The van der Waals surface area contributed by atoms with E-state index in [0.29, 0.717) is 21.6 Å². The van der Waals surface area contributed by atoms with Gasteiger partial charge in [-0.1, -0.05) is 23.7 Å². The van der Waals surface area contributed by atoms with Crippen molar-refractivity contribution in [3.63, 3.8) is 0 Å². The van der Waals surface area contributed by atoms with Crippen molar-refractivity contribution < 1.29 is 23.1 Å². The molecule has 6 nitrogen and oxygen atoms in total. The number of halogens is 4. The number of hydrogen-bond donors (Lipinski definition) is 3. The van der Waals surface area contributed by atoms with Crippen LogP contribution in [0.15, 0.2) is 77.0 Å². The molecule has 0 aliphatic rings. The van der Waals surface area contributed by atoms with Gasteiger partial charge in [-0.25, -0.2) is 0 Å². The summed E-state index contributed by atoms with van der Waals surface area (Å²) in [5.74, 6) is -0.505. The first kappa shape index (κ1) is 22.3. The van der Waals surface area contributed by atoms with Crippen LogP contribution in [0.3, 0.4) is 0 Å². The summed E-state index contributed by atoms with van der Waals surface area (Å²) in [6.07, 6.45) is -4.30. The van der Waals surface area contributed by atoms with Gasteiger partial charge in [0.15, 0.2) is 5.69 Å². The molecule has 1 aromatic heterocycles. The van der Waals surface area contributed by atoms with Crippen molar-refractivity contribution in [3.8, 4) is 5.88 Å². The van der Waals surface area contributed by atoms with Crippen molar-refractivity contribution >= 4 is 45.5 Å². The molecule has 0 atom stereocenters. The normalized spacial score (nSPS) is 11.9. The van der Waals surface area contributed by atoms with E-state index in [9.17, 15) is 23.1 Å². The Morgan fingerprint density at radius 3 is 2.36 bits per heavy atom. The van der Waals surface area contributed by atoms with Crippen LogP contribution >= 0.6 is 11.6 Å². The summed E-state index contributed by atoms with van der Waals surface area (Å²) in [6.45, 7) is 0. The van der Waals surface area contributed by atoms with Gasteiger partial charge in [0.1, 0.15) is 0 Å². The van der Waals surface area contributed by atoms with E-state index < -0.39 is 11.7 Å². The lowest BCUT2D eigenvalue weighted by Crippen LogP contribution is -2.14. The number of azo groups is 1. The Balaban J connectivity index is 1.53. The fourth-order valence-electron chi connectivity index (χ4n) is 3.16. The first-order chi connectivity index (χ1) is 15.7. The first-order valence-electron chi connectivity index (χ1n) is 9.67. The van der Waals surface area contributed by atoms with Gasteiger partial charge < -0.3 is 15.4 Å². The molecule has 3 aromatic carbocycles. The Morgan fingerprint density at radius 1 is 1.00 bits per heavy atom. The number of H-pyrrole nitrogens is 1. The third-order valence-electron chi connectivity index (χ3n) is 4.77. The first-order valence-corrected chi connectivity index (χ1v) is 10.0. The number of carbonyl (C=O) groups is 1. The quantitative estimate of drug-likeness (QED) is 0.269. The summed E-state index contributed by atoms with van der Waals surface area (Å²) in [6, 6.07) is 16.0. The number of nitrogens with zero attached hydrogens (tertiary/aromatic N) is 2. The maximum absolute atomic E-state index is 12.7. The third kappa shape index (κ3) is 5.32. The maximum atomic E-state index is 12.7. The van der Waals surface area contributed by atoms with Gasteiger partial charge in [-0.05, 0) is 60.2 Å². The number of amides is 1. The number of aromatic nitrogens is 1. The Morgan fingerprint density at radius 2 is 1.70 bits per heavy atom. The van der Waals surface area contributed by atoms with Crippen LogP contribution in [-0.2, 0) is 17.4 Å². The third-order valence-corrected chi connectivity index (χ3v) is 5.03. The van der Waals surface area contributed by atoms with Gasteiger partial charge >= 0.3 is 6.18 Å². The average molecular weight is 473 g/mol. The zero-order chi connectivity index (χ0) is 23.6. The summed E-state index contributed by atoms with van der Waals surface area (Å²) in [4.78, 5) is 15.1. The fourth-order valence-corrected chi connectivity index (χ4v) is 3.29. The number of alkyl halides is 3. The molecule has 1 heterocycles. The van der Waals surface area contributed by atoms with E-state index in [1.165, 1.54) is 12.1 Å². The van der Waals surface area contributed by atoms with Gasteiger partial charge in [-0.15, -0.1) is 5.11 Å². The maximum Gasteiger partial charge on any atom is 0.416 e. The highest BCUT2D eigenvalue weighted by molar-refractivity contribution is 6.30. The molecule has 3 N–H and O–H groups in total. The van der Waals surface area contributed by atoms with Gasteiger partial charge in [0.25, 0.3) is 0 Å². The second-order valence-corrected chi connectivity index (χ2v) is 7.62. The monoisotopic (exact) mass is 472 g/mol. The van der Waals surface area contributed by atoms with Crippen LogP contribution in [0.25, 0.3) is 10.9 Å². The molecule has 0 saturated carbocycles. The van der Waals surface area contributed by atoms with Crippen LogP contribution in [-0.4, -0.2) is 16.0 Å². The van der Waals surface area contributed by atoms with E-state index in [1.807, 2.05) is 0 Å². The summed E-state index contributed by atoms with van der Waals surface area (Å²) >= 11 is 5.85. The van der Waals surface area contributed by atoms with Crippen molar-refractivity contribution in [2.24, 2.45) is 10.2 Å². The van der Waals surface area contributed by atoms with Crippen molar-refractivity contribution in [1.29, 1.82) is 0 Å². The van der Waals surface area contributed by atoms with Crippen LogP contribution in [0.4, 0.5) is 30.2 Å². The molecule has 168 valence electrons. The molecular weight excluding hydrogens is 457 g/mol.